The molecular weight excluding hydrogens is 397 g/mol. The number of rotatable bonds is 5. The Hall–Kier alpha value is -3.20. The average Bonchev–Trinajstić information content (AvgIpc) is 2.63. The summed E-state index contributed by atoms with van der Waals surface area (Å²) in [6, 6.07) is 10.6. The number of benzene rings is 2. The number of hydrogen-bond donors (Lipinski definition) is 2. The smallest absolute Gasteiger partial charge is 0.229 e. The van der Waals surface area contributed by atoms with Gasteiger partial charge in [0.15, 0.2) is 0 Å². The van der Waals surface area contributed by atoms with Gasteiger partial charge in [-0.2, -0.15) is 0 Å². The molecule has 0 bridgehead atoms. The molecule has 0 fully saturated rings. The van der Waals surface area contributed by atoms with E-state index in [1.54, 1.807) is 6.20 Å². The number of nitrogens with zero attached hydrogens (tertiary/aromatic N) is 1. The molecule has 0 spiro atoms. The van der Waals surface area contributed by atoms with Crippen molar-refractivity contribution in [3.8, 4) is 0 Å². The van der Waals surface area contributed by atoms with Crippen LogP contribution in [0, 0.1) is 5.82 Å². The number of carbonyl (C=O) groups is 2. The van der Waals surface area contributed by atoms with Crippen LogP contribution in [0.5, 0.6) is 0 Å². The molecule has 29 heavy (non-hydrogen) atoms. The van der Waals surface area contributed by atoms with Crippen LogP contribution >= 0.6 is 0 Å². The zero-order valence-corrected chi connectivity index (χ0v) is 16.7. The van der Waals surface area contributed by atoms with Gasteiger partial charge in [0, 0.05) is 18.8 Å². The van der Waals surface area contributed by atoms with Crippen LogP contribution in [0.15, 0.2) is 48.7 Å². The number of anilines is 2. The lowest BCUT2D eigenvalue weighted by molar-refractivity contribution is -0.129. The Morgan fingerprint density at radius 2 is 1.90 bits per heavy atom. The molecule has 1 atom stereocenters. The predicted molar refractivity (Wildman–Crippen MR) is 109 cm³/mol. The normalized spacial score (nSPS) is 15.6. The molecule has 1 heterocycles. The third-order valence-corrected chi connectivity index (χ3v) is 4.98. The van der Waals surface area contributed by atoms with E-state index in [4.69, 9.17) is 0 Å². The summed E-state index contributed by atoms with van der Waals surface area (Å²) < 4.78 is 38.6. The van der Waals surface area contributed by atoms with Crippen LogP contribution in [0.2, 0.25) is 0 Å². The summed E-state index contributed by atoms with van der Waals surface area (Å²) in [5, 5.41) is 2.63. The van der Waals surface area contributed by atoms with Gasteiger partial charge in [0.2, 0.25) is 21.8 Å². The fraction of sp³-hybridized carbons (Fsp3) is 0.200. The number of sulfonamides is 1. The van der Waals surface area contributed by atoms with Crippen LogP contribution in [0.3, 0.4) is 0 Å². The van der Waals surface area contributed by atoms with Crippen LogP contribution in [-0.4, -0.2) is 31.4 Å². The first kappa shape index (κ1) is 20.5. The summed E-state index contributed by atoms with van der Waals surface area (Å²) in [5.41, 5.74) is 1.74. The molecule has 2 aromatic carbocycles. The quantitative estimate of drug-likeness (QED) is 0.781. The molecule has 3 rings (SSSR count). The first-order valence-electron chi connectivity index (χ1n) is 8.77. The molecule has 0 saturated carbocycles. The molecule has 2 amide bonds. The van der Waals surface area contributed by atoms with E-state index in [0.29, 0.717) is 0 Å². The maximum Gasteiger partial charge on any atom is 0.229 e. The number of carbonyl (C=O) groups excluding carboxylic acids is 2. The lowest BCUT2D eigenvalue weighted by atomic mass is 9.93. The van der Waals surface area contributed by atoms with Crippen molar-refractivity contribution in [1.82, 2.24) is 4.90 Å². The second-order valence-corrected chi connectivity index (χ2v) is 8.46. The minimum atomic E-state index is -3.67. The maximum absolute atomic E-state index is 13.8. The molecule has 2 aromatic rings. The fourth-order valence-corrected chi connectivity index (χ4v) is 3.74. The van der Waals surface area contributed by atoms with E-state index in [9.17, 15) is 22.4 Å². The Bertz CT molecular complexity index is 1100. The molecule has 152 valence electrons. The molecule has 1 aliphatic rings. The molecule has 1 aliphatic heterocycles. The zero-order chi connectivity index (χ0) is 21.2. The van der Waals surface area contributed by atoms with Crippen LogP contribution in [0.4, 0.5) is 15.8 Å². The highest BCUT2D eigenvalue weighted by molar-refractivity contribution is 7.92. The first-order valence-corrected chi connectivity index (χ1v) is 10.7. The predicted octanol–water partition coefficient (Wildman–Crippen LogP) is 3.10. The monoisotopic (exact) mass is 417 g/mol. The molecule has 7 nitrogen and oxygen atoms in total. The summed E-state index contributed by atoms with van der Waals surface area (Å²) >= 11 is 0. The minimum absolute atomic E-state index is 0.0207. The Kier molecular flexibility index (Phi) is 5.69. The molecular formula is C20H20FN3O4S. The van der Waals surface area contributed by atoms with Crippen molar-refractivity contribution in [3.63, 3.8) is 0 Å². The lowest BCUT2D eigenvalue weighted by Gasteiger charge is -2.32. The summed E-state index contributed by atoms with van der Waals surface area (Å²) in [5.74, 6) is -1.36. The summed E-state index contributed by atoms with van der Waals surface area (Å²) in [4.78, 5) is 26.1. The van der Waals surface area contributed by atoms with E-state index in [1.165, 1.54) is 24.0 Å². The van der Waals surface area contributed by atoms with Gasteiger partial charge in [-0.15, -0.1) is 0 Å². The summed E-state index contributed by atoms with van der Waals surface area (Å²) in [7, 11) is -3.67. The minimum Gasteiger partial charge on any atom is -0.326 e. The van der Waals surface area contributed by atoms with E-state index in [0.717, 1.165) is 23.4 Å². The van der Waals surface area contributed by atoms with Crippen LogP contribution < -0.4 is 10.0 Å². The van der Waals surface area contributed by atoms with Crippen molar-refractivity contribution in [3.05, 3.63) is 65.6 Å². The van der Waals surface area contributed by atoms with Crippen molar-refractivity contribution in [2.24, 2.45) is 0 Å². The lowest BCUT2D eigenvalue weighted by Crippen LogP contribution is -2.33. The number of fused-ring (bicyclic) bond motifs is 1. The highest BCUT2D eigenvalue weighted by Crippen LogP contribution is 2.33. The highest BCUT2D eigenvalue weighted by atomic mass is 32.2. The molecule has 9 heteroatoms. The molecule has 0 aromatic heterocycles. The third-order valence-electron chi connectivity index (χ3n) is 4.39. The SMILES string of the molecule is CC(=O)N1C=Cc2ccccc2C1CC(=O)Nc1ccc(F)c(NS(C)(=O)=O)c1. The van der Waals surface area contributed by atoms with E-state index in [2.05, 4.69) is 10.0 Å². The summed E-state index contributed by atoms with van der Waals surface area (Å²) in [6.07, 6.45) is 4.35. The van der Waals surface area contributed by atoms with E-state index < -0.39 is 27.8 Å². The Morgan fingerprint density at radius 3 is 2.59 bits per heavy atom. The first-order chi connectivity index (χ1) is 13.6. The van der Waals surface area contributed by atoms with Crippen LogP contribution in [0.25, 0.3) is 6.08 Å². The summed E-state index contributed by atoms with van der Waals surface area (Å²) in [6.45, 7) is 1.42. The van der Waals surface area contributed by atoms with Crippen molar-refractivity contribution in [2.75, 3.05) is 16.3 Å². The number of hydrogen-bond acceptors (Lipinski definition) is 4. The van der Waals surface area contributed by atoms with Gasteiger partial charge in [-0.05, 0) is 35.4 Å². The van der Waals surface area contributed by atoms with Gasteiger partial charge in [-0.3, -0.25) is 14.3 Å². The van der Waals surface area contributed by atoms with Crippen LogP contribution in [-0.2, 0) is 19.6 Å². The molecule has 1 unspecified atom stereocenters. The fourth-order valence-electron chi connectivity index (χ4n) is 3.18. The van der Waals surface area contributed by atoms with Gasteiger partial charge in [-0.1, -0.05) is 24.3 Å². The van der Waals surface area contributed by atoms with Crippen molar-refractivity contribution >= 4 is 39.3 Å². The second kappa shape index (κ2) is 8.04. The van der Waals surface area contributed by atoms with E-state index in [-0.39, 0.29) is 23.7 Å². The Balaban J connectivity index is 1.80. The van der Waals surface area contributed by atoms with Crippen molar-refractivity contribution < 1.29 is 22.4 Å². The highest BCUT2D eigenvalue weighted by Gasteiger charge is 2.28. The van der Waals surface area contributed by atoms with E-state index in [1.807, 2.05) is 30.3 Å². The zero-order valence-electron chi connectivity index (χ0n) is 15.8. The van der Waals surface area contributed by atoms with E-state index >= 15 is 0 Å². The molecule has 0 radical (unpaired) electrons. The topological polar surface area (TPSA) is 95.6 Å². The maximum atomic E-state index is 13.8. The molecule has 0 saturated heterocycles. The van der Waals surface area contributed by atoms with Crippen molar-refractivity contribution in [1.29, 1.82) is 0 Å². The number of amides is 2. The largest absolute Gasteiger partial charge is 0.326 e. The van der Waals surface area contributed by atoms with Gasteiger partial charge in [0.05, 0.1) is 24.4 Å². The third kappa shape index (κ3) is 5.00. The van der Waals surface area contributed by atoms with Gasteiger partial charge in [0.1, 0.15) is 5.82 Å². The van der Waals surface area contributed by atoms with Gasteiger partial charge in [0.25, 0.3) is 0 Å². The average molecular weight is 417 g/mol. The van der Waals surface area contributed by atoms with Crippen LogP contribution in [0.1, 0.15) is 30.5 Å². The van der Waals surface area contributed by atoms with Gasteiger partial charge >= 0.3 is 0 Å². The van der Waals surface area contributed by atoms with Gasteiger partial charge < -0.3 is 10.2 Å². The van der Waals surface area contributed by atoms with Gasteiger partial charge in [-0.25, -0.2) is 12.8 Å². The standard InChI is InChI=1S/C20H20FN3O4S/c1-13(25)24-10-9-14-5-3-4-6-16(14)19(24)12-20(26)22-15-7-8-17(21)18(11-15)23-29(2,27)28/h3-11,19,23H,12H2,1-2H3,(H,22,26). The Morgan fingerprint density at radius 1 is 1.17 bits per heavy atom. The molecule has 2 N–H and O–H groups in total. The number of halogens is 1. The number of nitrogens with one attached hydrogen (secondary N) is 2. The second-order valence-electron chi connectivity index (χ2n) is 6.71. The molecule has 0 aliphatic carbocycles. The van der Waals surface area contributed by atoms with Crippen molar-refractivity contribution in [2.45, 2.75) is 19.4 Å². The Labute approximate surface area is 168 Å².